The van der Waals surface area contributed by atoms with Crippen LogP contribution >= 0.6 is 22.6 Å². The molecule has 1 N–H and O–H groups in total. The molecule has 1 fully saturated rings. The topological polar surface area (TPSA) is 71.6 Å². The smallest absolute Gasteiger partial charge is 0.261 e. The largest absolute Gasteiger partial charge is 0.507 e. The van der Waals surface area contributed by atoms with Crippen molar-refractivity contribution >= 4 is 22.6 Å². The molecule has 0 bridgehead atoms. The lowest BCUT2D eigenvalue weighted by Crippen LogP contribution is -2.38. The van der Waals surface area contributed by atoms with Crippen molar-refractivity contribution in [1.82, 2.24) is 15.0 Å². The lowest BCUT2D eigenvalue weighted by molar-refractivity contribution is -0.0334. The molecule has 1 aliphatic heterocycles. The third-order valence-corrected chi connectivity index (χ3v) is 4.19. The number of hydrogen-bond donors (Lipinski definition) is 1. The molecule has 1 aliphatic rings. The molecule has 0 radical (unpaired) electrons. The number of phenolic OH excluding ortho intramolecular Hbond substituents is 1. The van der Waals surface area contributed by atoms with Gasteiger partial charge in [-0.05, 0) is 47.3 Å². The SMILES string of the molecule is CCN1CCOC(c2noc(-c3cc(I)ccc3O)n2)C1. The van der Waals surface area contributed by atoms with Crippen molar-refractivity contribution in [1.29, 1.82) is 0 Å². The molecule has 2 heterocycles. The Morgan fingerprint density at radius 1 is 1.48 bits per heavy atom. The maximum absolute atomic E-state index is 9.92. The van der Waals surface area contributed by atoms with Crippen LogP contribution < -0.4 is 0 Å². The van der Waals surface area contributed by atoms with Crippen LogP contribution in [-0.4, -0.2) is 46.4 Å². The summed E-state index contributed by atoms with van der Waals surface area (Å²) >= 11 is 2.17. The third-order valence-electron chi connectivity index (χ3n) is 3.52. The highest BCUT2D eigenvalue weighted by molar-refractivity contribution is 14.1. The van der Waals surface area contributed by atoms with E-state index in [1.807, 2.05) is 12.1 Å². The molecule has 0 aliphatic carbocycles. The molecule has 1 aromatic heterocycles. The molecule has 1 aromatic carbocycles. The predicted molar refractivity (Wildman–Crippen MR) is 84.9 cm³/mol. The Morgan fingerprint density at radius 3 is 3.14 bits per heavy atom. The Morgan fingerprint density at radius 2 is 2.33 bits per heavy atom. The molecule has 0 saturated carbocycles. The highest BCUT2D eigenvalue weighted by Crippen LogP contribution is 2.30. The zero-order chi connectivity index (χ0) is 14.8. The highest BCUT2D eigenvalue weighted by atomic mass is 127. The van der Waals surface area contributed by atoms with Gasteiger partial charge in [-0.2, -0.15) is 4.98 Å². The first-order valence-corrected chi connectivity index (χ1v) is 7.91. The van der Waals surface area contributed by atoms with Crippen LogP contribution in [0.4, 0.5) is 0 Å². The Balaban J connectivity index is 1.84. The zero-order valence-electron chi connectivity index (χ0n) is 11.6. The van der Waals surface area contributed by atoms with Gasteiger partial charge in [-0.3, -0.25) is 4.90 Å². The second kappa shape index (κ2) is 6.29. The number of phenols is 1. The van der Waals surface area contributed by atoms with E-state index in [-0.39, 0.29) is 11.9 Å². The van der Waals surface area contributed by atoms with Gasteiger partial charge >= 0.3 is 0 Å². The average Bonchev–Trinajstić information content (AvgIpc) is 2.99. The van der Waals surface area contributed by atoms with E-state index in [9.17, 15) is 5.11 Å². The van der Waals surface area contributed by atoms with E-state index < -0.39 is 0 Å². The van der Waals surface area contributed by atoms with Gasteiger partial charge in [0.1, 0.15) is 11.9 Å². The van der Waals surface area contributed by atoms with Crippen LogP contribution in [0.15, 0.2) is 22.7 Å². The van der Waals surface area contributed by atoms with Gasteiger partial charge in [0.25, 0.3) is 5.89 Å². The number of morpholine rings is 1. The number of aromatic hydroxyl groups is 1. The van der Waals surface area contributed by atoms with Gasteiger partial charge < -0.3 is 14.4 Å². The van der Waals surface area contributed by atoms with Crippen molar-refractivity contribution in [2.45, 2.75) is 13.0 Å². The van der Waals surface area contributed by atoms with E-state index in [4.69, 9.17) is 9.26 Å². The van der Waals surface area contributed by atoms with Crippen LogP contribution in [0.5, 0.6) is 5.75 Å². The van der Waals surface area contributed by atoms with Crippen molar-refractivity contribution in [3.8, 4) is 17.2 Å². The lowest BCUT2D eigenvalue weighted by Gasteiger charge is -2.30. The Labute approximate surface area is 136 Å². The lowest BCUT2D eigenvalue weighted by atomic mass is 10.2. The number of ether oxygens (including phenoxy) is 1. The molecule has 21 heavy (non-hydrogen) atoms. The summed E-state index contributed by atoms with van der Waals surface area (Å²) < 4.78 is 12.0. The number of hydrogen-bond acceptors (Lipinski definition) is 6. The second-order valence-electron chi connectivity index (χ2n) is 4.87. The van der Waals surface area contributed by atoms with Crippen molar-refractivity contribution in [2.75, 3.05) is 26.2 Å². The summed E-state index contributed by atoms with van der Waals surface area (Å²) in [7, 11) is 0. The van der Waals surface area contributed by atoms with Crippen LogP contribution in [0.2, 0.25) is 0 Å². The quantitative estimate of drug-likeness (QED) is 0.797. The summed E-state index contributed by atoms with van der Waals surface area (Å²) in [6.07, 6.45) is -0.180. The first kappa shape index (κ1) is 14.7. The van der Waals surface area contributed by atoms with Crippen LogP contribution in [0.25, 0.3) is 11.5 Å². The molecular weight excluding hydrogens is 385 g/mol. The van der Waals surface area contributed by atoms with Crippen LogP contribution in [0.1, 0.15) is 18.9 Å². The van der Waals surface area contributed by atoms with Gasteiger partial charge in [0.2, 0.25) is 5.82 Å². The number of likely N-dealkylation sites (N-methyl/N-ethyl adjacent to an activating group) is 1. The third kappa shape index (κ3) is 3.19. The van der Waals surface area contributed by atoms with Crippen molar-refractivity contribution in [3.63, 3.8) is 0 Å². The summed E-state index contributed by atoms with van der Waals surface area (Å²) in [5.74, 6) is 0.977. The summed E-state index contributed by atoms with van der Waals surface area (Å²) in [6.45, 7) is 5.44. The van der Waals surface area contributed by atoms with Gasteiger partial charge in [-0.15, -0.1) is 0 Å². The summed E-state index contributed by atoms with van der Waals surface area (Å²) in [5, 5.41) is 13.9. The fourth-order valence-electron chi connectivity index (χ4n) is 2.30. The molecule has 3 rings (SSSR count). The molecule has 1 saturated heterocycles. The van der Waals surface area contributed by atoms with E-state index in [0.29, 0.717) is 23.9 Å². The molecular formula is C14H16IN3O3. The maximum Gasteiger partial charge on any atom is 0.261 e. The molecule has 7 heteroatoms. The van der Waals surface area contributed by atoms with E-state index >= 15 is 0 Å². The number of aromatic nitrogens is 2. The first-order valence-electron chi connectivity index (χ1n) is 6.84. The summed E-state index contributed by atoms with van der Waals surface area (Å²) in [5.41, 5.74) is 0.545. The second-order valence-corrected chi connectivity index (χ2v) is 6.12. The summed E-state index contributed by atoms with van der Waals surface area (Å²) in [4.78, 5) is 6.67. The molecule has 6 nitrogen and oxygen atoms in total. The minimum atomic E-state index is -0.180. The van der Waals surface area contributed by atoms with Crippen LogP contribution in [-0.2, 0) is 4.74 Å². The molecule has 0 spiro atoms. The van der Waals surface area contributed by atoms with E-state index in [1.165, 1.54) is 0 Å². The van der Waals surface area contributed by atoms with Gasteiger partial charge in [0.05, 0.1) is 12.2 Å². The monoisotopic (exact) mass is 401 g/mol. The first-order chi connectivity index (χ1) is 10.2. The molecule has 1 unspecified atom stereocenters. The Hall–Kier alpha value is -1.19. The predicted octanol–water partition coefficient (Wildman–Crippen LogP) is 2.44. The van der Waals surface area contributed by atoms with E-state index in [2.05, 4.69) is 44.6 Å². The normalized spacial score (nSPS) is 19.8. The van der Waals surface area contributed by atoms with E-state index in [1.54, 1.807) is 6.07 Å². The average molecular weight is 401 g/mol. The minimum absolute atomic E-state index is 0.130. The Bertz CT molecular complexity index is 632. The van der Waals surface area contributed by atoms with Gasteiger partial charge in [0.15, 0.2) is 0 Å². The fourth-order valence-corrected chi connectivity index (χ4v) is 2.79. The number of benzene rings is 1. The molecule has 1 atom stereocenters. The molecule has 2 aromatic rings. The van der Waals surface area contributed by atoms with Crippen molar-refractivity contribution in [3.05, 3.63) is 27.6 Å². The number of rotatable bonds is 3. The van der Waals surface area contributed by atoms with Crippen molar-refractivity contribution in [2.24, 2.45) is 0 Å². The standard InChI is InChI=1S/C14H16IN3O3/c1-2-18-5-6-20-12(8-18)13-16-14(21-17-13)10-7-9(15)3-4-11(10)19/h3-4,7,12,19H,2,5-6,8H2,1H3. The number of halogens is 1. The summed E-state index contributed by atoms with van der Waals surface area (Å²) in [6, 6.07) is 5.25. The van der Waals surface area contributed by atoms with Crippen LogP contribution in [0, 0.1) is 3.57 Å². The van der Waals surface area contributed by atoms with Gasteiger partial charge in [-0.1, -0.05) is 12.1 Å². The molecule has 0 amide bonds. The van der Waals surface area contributed by atoms with Crippen LogP contribution in [0.3, 0.4) is 0 Å². The maximum atomic E-state index is 9.92. The molecule has 112 valence electrons. The van der Waals surface area contributed by atoms with Gasteiger partial charge in [-0.25, -0.2) is 0 Å². The fraction of sp³-hybridized carbons (Fsp3) is 0.429. The van der Waals surface area contributed by atoms with E-state index in [0.717, 1.165) is 23.2 Å². The zero-order valence-corrected chi connectivity index (χ0v) is 13.8. The Kier molecular flexibility index (Phi) is 4.41. The highest BCUT2D eigenvalue weighted by Gasteiger charge is 2.26. The van der Waals surface area contributed by atoms with Gasteiger partial charge in [0, 0.05) is 16.7 Å². The van der Waals surface area contributed by atoms with Crippen molar-refractivity contribution < 1.29 is 14.4 Å². The number of nitrogens with zero attached hydrogens (tertiary/aromatic N) is 3. The minimum Gasteiger partial charge on any atom is -0.507 e.